The summed E-state index contributed by atoms with van der Waals surface area (Å²) in [6, 6.07) is 7.64. The highest BCUT2D eigenvalue weighted by molar-refractivity contribution is 6.31. The topological polar surface area (TPSA) is 82.6 Å². The molecule has 0 amide bonds. The Morgan fingerprint density at radius 3 is 2.84 bits per heavy atom. The molecule has 1 aromatic heterocycles. The summed E-state index contributed by atoms with van der Waals surface area (Å²) >= 11 is 5.88. The largest absolute Gasteiger partial charge is 0.490 e. The molecule has 3 aromatic rings. The van der Waals surface area contributed by atoms with E-state index in [4.69, 9.17) is 25.8 Å². The number of nitrogens with zero attached hydrogens (tertiary/aromatic N) is 2. The smallest absolute Gasteiger partial charge is 0.308 e. The zero-order valence-corrected chi connectivity index (χ0v) is 18.8. The number of anilines is 2. The Morgan fingerprint density at radius 2 is 2.12 bits per heavy atom. The van der Waals surface area contributed by atoms with Gasteiger partial charge >= 0.3 is 5.97 Å². The van der Waals surface area contributed by atoms with Crippen LogP contribution in [0.3, 0.4) is 0 Å². The first-order chi connectivity index (χ1) is 15.0. The molecule has 2 aromatic carbocycles. The Bertz CT molecular complexity index is 1110. The Kier molecular flexibility index (Phi) is 8.06. The highest BCUT2D eigenvalue weighted by atomic mass is 35.5. The lowest BCUT2D eigenvalue weighted by atomic mass is 10.2. The normalized spacial score (nSPS) is 15.3. The molecule has 0 radical (unpaired) electrons. The molecule has 0 saturated carbocycles. The van der Waals surface area contributed by atoms with Gasteiger partial charge in [-0.1, -0.05) is 11.6 Å². The molecule has 10 heteroatoms. The van der Waals surface area contributed by atoms with Crippen LogP contribution in [-0.2, 0) is 9.53 Å². The molecular formula is C22H22Cl2FN3O4. The predicted octanol–water partition coefficient (Wildman–Crippen LogP) is 5.46. The second-order valence-electron chi connectivity index (χ2n) is 7.16. The van der Waals surface area contributed by atoms with Gasteiger partial charge in [0.05, 0.1) is 23.3 Å². The molecule has 1 fully saturated rings. The first-order valence-corrected chi connectivity index (χ1v) is 10.3. The van der Waals surface area contributed by atoms with Crippen LogP contribution in [0.2, 0.25) is 5.02 Å². The van der Waals surface area contributed by atoms with E-state index in [-0.39, 0.29) is 29.3 Å². The summed E-state index contributed by atoms with van der Waals surface area (Å²) in [5.41, 5.74) is 1.12. The van der Waals surface area contributed by atoms with Crippen LogP contribution in [-0.4, -0.2) is 35.3 Å². The van der Waals surface area contributed by atoms with Crippen LogP contribution >= 0.6 is 24.0 Å². The van der Waals surface area contributed by atoms with Gasteiger partial charge in [-0.05, 0) is 37.1 Å². The lowest BCUT2D eigenvalue weighted by molar-refractivity contribution is -0.132. The first-order valence-electron chi connectivity index (χ1n) is 9.93. The minimum absolute atomic E-state index is 0. The van der Waals surface area contributed by atoms with E-state index in [1.807, 2.05) is 0 Å². The number of ether oxygens (including phenoxy) is 3. The van der Waals surface area contributed by atoms with E-state index >= 15 is 0 Å². The average Bonchev–Trinajstić information content (AvgIpc) is 3.24. The molecule has 1 aliphatic rings. The summed E-state index contributed by atoms with van der Waals surface area (Å²) in [5, 5.41) is 3.76. The number of benzene rings is 2. The number of hydrogen-bond donors (Lipinski definition) is 1. The van der Waals surface area contributed by atoms with Crippen molar-refractivity contribution < 1.29 is 23.4 Å². The van der Waals surface area contributed by atoms with Crippen LogP contribution in [0, 0.1) is 5.82 Å². The summed E-state index contributed by atoms with van der Waals surface area (Å²) in [7, 11) is 0. The third kappa shape index (κ3) is 5.76. The fourth-order valence-corrected chi connectivity index (χ4v) is 3.57. The molecule has 1 aliphatic heterocycles. The van der Waals surface area contributed by atoms with Crippen LogP contribution in [0.1, 0.15) is 26.2 Å². The lowest BCUT2D eigenvalue weighted by Gasteiger charge is -2.15. The van der Waals surface area contributed by atoms with Crippen molar-refractivity contribution in [3.8, 4) is 11.5 Å². The summed E-state index contributed by atoms with van der Waals surface area (Å²) in [6.45, 7) is 2.51. The summed E-state index contributed by atoms with van der Waals surface area (Å²) < 4.78 is 30.4. The maximum atomic E-state index is 13.5. The molecule has 0 aliphatic carbocycles. The van der Waals surface area contributed by atoms with Crippen molar-refractivity contribution in [2.75, 3.05) is 18.5 Å². The molecule has 170 valence electrons. The van der Waals surface area contributed by atoms with Gasteiger partial charge in [0.1, 0.15) is 18.0 Å². The third-order valence-electron chi connectivity index (χ3n) is 4.86. The number of halogens is 3. The molecule has 32 heavy (non-hydrogen) atoms. The van der Waals surface area contributed by atoms with Gasteiger partial charge in [-0.2, -0.15) is 0 Å². The van der Waals surface area contributed by atoms with Gasteiger partial charge < -0.3 is 19.5 Å². The summed E-state index contributed by atoms with van der Waals surface area (Å²) in [5.74, 6) is 0.188. The van der Waals surface area contributed by atoms with Crippen LogP contribution in [0.25, 0.3) is 10.9 Å². The summed E-state index contributed by atoms with van der Waals surface area (Å²) in [6.07, 6.45) is 4.37. The molecule has 1 saturated heterocycles. The number of esters is 1. The standard InChI is InChI=1S/C22H21ClFN3O4.ClH/c1-13(28)31-21-11-19-16(10-20(21)30-8-6-15-3-2-7-29-15)22(26-12-25-19)27-14-4-5-18(24)17(23)9-14;/h4-5,9-12,15H,2-3,6-8H2,1H3,(H,25,26,27);1H/t15-;/m0./s1. The number of rotatable bonds is 7. The van der Waals surface area contributed by atoms with Crippen LogP contribution in [0.15, 0.2) is 36.7 Å². The Labute approximate surface area is 195 Å². The van der Waals surface area contributed by atoms with Gasteiger partial charge in [-0.15, -0.1) is 12.4 Å². The highest BCUT2D eigenvalue weighted by Crippen LogP contribution is 2.35. The Balaban J connectivity index is 0.00000289. The van der Waals surface area contributed by atoms with E-state index in [1.54, 1.807) is 18.2 Å². The van der Waals surface area contributed by atoms with Crippen molar-refractivity contribution in [3.63, 3.8) is 0 Å². The van der Waals surface area contributed by atoms with E-state index in [0.29, 0.717) is 34.8 Å². The van der Waals surface area contributed by atoms with Crippen LogP contribution in [0.4, 0.5) is 15.9 Å². The number of nitrogens with one attached hydrogen (secondary N) is 1. The lowest BCUT2D eigenvalue weighted by Crippen LogP contribution is -2.12. The number of fused-ring (bicyclic) bond motifs is 1. The quantitative estimate of drug-likeness (QED) is 0.354. The van der Waals surface area contributed by atoms with E-state index in [1.165, 1.54) is 25.4 Å². The molecule has 7 nitrogen and oxygen atoms in total. The molecule has 0 spiro atoms. The van der Waals surface area contributed by atoms with E-state index in [0.717, 1.165) is 25.9 Å². The van der Waals surface area contributed by atoms with E-state index < -0.39 is 11.8 Å². The molecule has 1 atom stereocenters. The first kappa shape index (κ1) is 24.0. The predicted molar refractivity (Wildman–Crippen MR) is 122 cm³/mol. The van der Waals surface area contributed by atoms with Gasteiger partial charge in [-0.3, -0.25) is 4.79 Å². The van der Waals surface area contributed by atoms with Crippen molar-refractivity contribution in [2.45, 2.75) is 32.3 Å². The van der Waals surface area contributed by atoms with E-state index in [2.05, 4.69) is 15.3 Å². The maximum absolute atomic E-state index is 13.5. The number of carbonyl (C=O) groups is 1. The Hall–Kier alpha value is -2.68. The van der Waals surface area contributed by atoms with Crippen LogP contribution < -0.4 is 14.8 Å². The number of hydrogen-bond acceptors (Lipinski definition) is 7. The zero-order valence-electron chi connectivity index (χ0n) is 17.3. The van der Waals surface area contributed by atoms with Crippen molar-refractivity contribution in [2.24, 2.45) is 0 Å². The highest BCUT2D eigenvalue weighted by Gasteiger charge is 2.18. The van der Waals surface area contributed by atoms with Crippen molar-refractivity contribution in [1.82, 2.24) is 9.97 Å². The number of carbonyl (C=O) groups excluding carboxylic acids is 1. The fourth-order valence-electron chi connectivity index (χ4n) is 3.39. The second-order valence-corrected chi connectivity index (χ2v) is 7.57. The zero-order chi connectivity index (χ0) is 21.8. The minimum Gasteiger partial charge on any atom is -0.490 e. The number of aromatic nitrogens is 2. The van der Waals surface area contributed by atoms with Crippen molar-refractivity contribution in [3.05, 3.63) is 47.5 Å². The van der Waals surface area contributed by atoms with E-state index in [9.17, 15) is 9.18 Å². The van der Waals surface area contributed by atoms with Gasteiger partial charge in [0.15, 0.2) is 11.5 Å². The monoisotopic (exact) mass is 481 g/mol. The van der Waals surface area contributed by atoms with Crippen molar-refractivity contribution in [1.29, 1.82) is 0 Å². The molecule has 4 rings (SSSR count). The maximum Gasteiger partial charge on any atom is 0.308 e. The third-order valence-corrected chi connectivity index (χ3v) is 5.15. The SMILES string of the molecule is CC(=O)Oc1cc2ncnc(Nc3ccc(F)c(Cl)c3)c2cc1OCC[C@@H]1CCCO1.Cl. The molecule has 2 heterocycles. The second kappa shape index (κ2) is 10.8. The van der Waals surface area contributed by atoms with Gasteiger partial charge in [-0.25, -0.2) is 14.4 Å². The summed E-state index contributed by atoms with van der Waals surface area (Å²) in [4.78, 5) is 20.1. The van der Waals surface area contributed by atoms with Gasteiger partial charge in [0.2, 0.25) is 0 Å². The minimum atomic E-state index is -0.507. The molecule has 0 bridgehead atoms. The molecular weight excluding hydrogens is 460 g/mol. The fraction of sp³-hybridized carbons (Fsp3) is 0.318. The molecule has 1 N–H and O–H groups in total. The van der Waals surface area contributed by atoms with Gasteiger partial charge in [0, 0.05) is 37.1 Å². The molecule has 0 unspecified atom stereocenters. The van der Waals surface area contributed by atoms with Crippen LogP contribution in [0.5, 0.6) is 11.5 Å². The average molecular weight is 482 g/mol. The Morgan fingerprint density at radius 1 is 1.28 bits per heavy atom. The van der Waals surface area contributed by atoms with Crippen molar-refractivity contribution >= 4 is 52.4 Å². The van der Waals surface area contributed by atoms with Gasteiger partial charge in [0.25, 0.3) is 0 Å².